The molecule has 1 aliphatic heterocycles. The van der Waals surface area contributed by atoms with Crippen LogP contribution in [0.3, 0.4) is 0 Å². The third kappa shape index (κ3) is 5.64. The largest absolute Gasteiger partial charge is 0.390 e. The van der Waals surface area contributed by atoms with Gasteiger partial charge in [-0.3, -0.25) is 9.59 Å². The van der Waals surface area contributed by atoms with Crippen LogP contribution in [-0.4, -0.2) is 65.1 Å². The number of carbonyl (C=O) groups is 2. The Kier molecular flexibility index (Phi) is 7.37. The summed E-state index contributed by atoms with van der Waals surface area (Å²) in [5, 5.41) is 17.0. The number of β-amino-alcohol motifs (C(OH)–C–C–N with tert-alkyl or cyclic N) is 1. The number of likely N-dealkylation sites (tertiary alicyclic amines) is 1. The zero-order valence-corrected chi connectivity index (χ0v) is 18.8. The molecule has 32 heavy (non-hydrogen) atoms. The lowest BCUT2D eigenvalue weighted by atomic mass is 9.75. The van der Waals surface area contributed by atoms with E-state index in [2.05, 4.69) is 20.5 Å². The van der Waals surface area contributed by atoms with Gasteiger partial charge in [0, 0.05) is 18.5 Å². The number of carbonyl (C=O) groups excluding carboxylic acids is 2. The predicted octanol–water partition coefficient (Wildman–Crippen LogP) is 2.34. The van der Waals surface area contributed by atoms with Crippen molar-refractivity contribution in [3.8, 4) is 0 Å². The lowest BCUT2D eigenvalue weighted by Crippen LogP contribution is -2.51. The van der Waals surface area contributed by atoms with Crippen LogP contribution in [0.1, 0.15) is 49.5 Å². The van der Waals surface area contributed by atoms with E-state index < -0.39 is 12.0 Å². The lowest BCUT2D eigenvalue weighted by Gasteiger charge is -2.42. The molecule has 1 aromatic carbocycles. The average molecular weight is 439 g/mol. The maximum atomic E-state index is 12.4. The summed E-state index contributed by atoms with van der Waals surface area (Å²) in [7, 11) is 0. The highest BCUT2D eigenvalue weighted by atomic mass is 16.3. The molecule has 4 atom stereocenters. The third-order valence-electron chi connectivity index (χ3n) is 7.03. The van der Waals surface area contributed by atoms with Crippen LogP contribution in [0.25, 0.3) is 10.9 Å². The van der Waals surface area contributed by atoms with Gasteiger partial charge in [-0.05, 0) is 50.3 Å². The zero-order valence-electron chi connectivity index (χ0n) is 18.8. The molecule has 3 N–H and O–H groups in total. The second kappa shape index (κ2) is 10.4. The van der Waals surface area contributed by atoms with Crippen molar-refractivity contribution in [3.63, 3.8) is 0 Å². The highest BCUT2D eigenvalue weighted by molar-refractivity contribution is 5.96. The maximum absolute atomic E-state index is 12.4. The fourth-order valence-electron chi connectivity index (χ4n) is 5.11. The number of fused-ring (bicyclic) bond motifs is 2. The van der Waals surface area contributed by atoms with Crippen LogP contribution >= 0.6 is 0 Å². The van der Waals surface area contributed by atoms with Gasteiger partial charge in [-0.2, -0.15) is 0 Å². The van der Waals surface area contributed by atoms with E-state index in [4.69, 9.17) is 0 Å². The molecule has 172 valence electrons. The van der Waals surface area contributed by atoms with Crippen molar-refractivity contribution in [2.24, 2.45) is 11.8 Å². The quantitative estimate of drug-likeness (QED) is 0.617. The molecule has 2 fully saturated rings. The number of aromatic nitrogens is 1. The van der Waals surface area contributed by atoms with Gasteiger partial charge in [0.2, 0.25) is 5.91 Å². The van der Waals surface area contributed by atoms with Crippen LogP contribution in [0, 0.1) is 11.8 Å². The first-order valence-electron chi connectivity index (χ1n) is 11.8. The standard InChI is InChI=1S/C25H34N4O3/c1-17(23(30)16-29-13-12-18-6-2-3-8-20(18)15-29)27-24(31)14-26-25(32)22-11-10-19-7-4-5-9-21(19)28-22/h4-5,7,9-11,17-18,20,23,30H,2-3,6,8,12-16H2,1H3,(H,26,32)(H,27,31)/t17?,18-,20+,23+/m0/s1. The summed E-state index contributed by atoms with van der Waals surface area (Å²) in [6.07, 6.45) is 5.91. The highest BCUT2D eigenvalue weighted by Gasteiger charge is 2.32. The first-order valence-corrected chi connectivity index (χ1v) is 11.8. The van der Waals surface area contributed by atoms with E-state index in [0.717, 1.165) is 35.8 Å². The first-order chi connectivity index (χ1) is 15.5. The van der Waals surface area contributed by atoms with E-state index >= 15 is 0 Å². The number of nitrogens with zero attached hydrogens (tertiary/aromatic N) is 2. The molecule has 0 bridgehead atoms. The van der Waals surface area contributed by atoms with Gasteiger partial charge in [0.05, 0.1) is 24.2 Å². The Bertz CT molecular complexity index is 950. The van der Waals surface area contributed by atoms with E-state index in [9.17, 15) is 14.7 Å². The van der Waals surface area contributed by atoms with Crippen LogP contribution in [0.2, 0.25) is 0 Å². The van der Waals surface area contributed by atoms with Crippen molar-refractivity contribution < 1.29 is 14.7 Å². The smallest absolute Gasteiger partial charge is 0.270 e. The Morgan fingerprint density at radius 2 is 1.91 bits per heavy atom. The molecule has 1 saturated carbocycles. The van der Waals surface area contributed by atoms with Gasteiger partial charge in [0.15, 0.2) is 0 Å². The summed E-state index contributed by atoms with van der Waals surface area (Å²) in [6.45, 7) is 4.30. The van der Waals surface area contributed by atoms with Crippen molar-refractivity contribution in [1.82, 2.24) is 20.5 Å². The number of pyridine rings is 1. The molecule has 0 spiro atoms. The van der Waals surface area contributed by atoms with Crippen LogP contribution in [0.4, 0.5) is 0 Å². The number of aliphatic hydroxyl groups is 1. The number of aliphatic hydroxyl groups excluding tert-OH is 1. The Morgan fingerprint density at radius 1 is 1.12 bits per heavy atom. The molecule has 1 saturated heterocycles. The molecule has 2 aliphatic rings. The highest BCUT2D eigenvalue weighted by Crippen LogP contribution is 2.36. The van der Waals surface area contributed by atoms with Crippen molar-refractivity contribution in [3.05, 3.63) is 42.1 Å². The Hall–Kier alpha value is -2.51. The summed E-state index contributed by atoms with van der Waals surface area (Å²) >= 11 is 0. The predicted molar refractivity (Wildman–Crippen MR) is 124 cm³/mol. The number of hydrogen-bond donors (Lipinski definition) is 3. The van der Waals surface area contributed by atoms with Crippen molar-refractivity contribution >= 4 is 22.7 Å². The summed E-state index contributed by atoms with van der Waals surface area (Å²) in [4.78, 5) is 31.4. The second-order valence-corrected chi connectivity index (χ2v) is 9.35. The summed E-state index contributed by atoms with van der Waals surface area (Å²) in [5.74, 6) is 0.898. The van der Waals surface area contributed by atoms with Crippen LogP contribution < -0.4 is 10.6 Å². The lowest BCUT2D eigenvalue weighted by molar-refractivity contribution is -0.121. The van der Waals surface area contributed by atoms with E-state index in [0.29, 0.717) is 6.54 Å². The summed E-state index contributed by atoms with van der Waals surface area (Å²) < 4.78 is 0. The number of amides is 2. The van der Waals surface area contributed by atoms with Crippen LogP contribution in [0.5, 0.6) is 0 Å². The second-order valence-electron chi connectivity index (χ2n) is 9.35. The molecule has 2 heterocycles. The number of nitrogens with one attached hydrogen (secondary N) is 2. The Morgan fingerprint density at radius 3 is 2.75 bits per heavy atom. The minimum Gasteiger partial charge on any atom is -0.390 e. The minimum absolute atomic E-state index is 0.155. The molecule has 0 radical (unpaired) electrons. The molecule has 1 unspecified atom stereocenters. The number of rotatable bonds is 7. The summed E-state index contributed by atoms with van der Waals surface area (Å²) in [5.41, 5.74) is 1.01. The van der Waals surface area contributed by atoms with Crippen LogP contribution in [0.15, 0.2) is 36.4 Å². The first kappa shape index (κ1) is 22.7. The Balaban J connectivity index is 1.21. The Labute approximate surface area is 189 Å². The van der Waals surface area contributed by atoms with Gasteiger partial charge >= 0.3 is 0 Å². The van der Waals surface area contributed by atoms with Gasteiger partial charge in [-0.25, -0.2) is 4.98 Å². The third-order valence-corrected chi connectivity index (χ3v) is 7.03. The SMILES string of the molecule is CC(NC(=O)CNC(=O)c1ccc2ccccc2n1)[C@H](O)CN1CC[C@@H]2CCCC[C@@H]2C1. The fraction of sp³-hybridized carbons (Fsp3) is 0.560. The molecular formula is C25H34N4O3. The van der Waals surface area contributed by atoms with Gasteiger partial charge in [0.1, 0.15) is 5.69 Å². The van der Waals surface area contributed by atoms with Gasteiger partial charge in [-0.1, -0.05) is 43.5 Å². The van der Waals surface area contributed by atoms with Crippen LogP contribution in [-0.2, 0) is 4.79 Å². The molecule has 7 heteroatoms. The van der Waals surface area contributed by atoms with Crippen molar-refractivity contribution in [1.29, 1.82) is 0 Å². The van der Waals surface area contributed by atoms with E-state index in [1.54, 1.807) is 6.07 Å². The molecular weight excluding hydrogens is 404 g/mol. The molecule has 4 rings (SSSR count). The van der Waals surface area contributed by atoms with Gasteiger partial charge in [-0.15, -0.1) is 0 Å². The zero-order chi connectivity index (χ0) is 22.5. The van der Waals surface area contributed by atoms with Gasteiger partial charge < -0.3 is 20.6 Å². The molecule has 2 aromatic rings. The molecule has 7 nitrogen and oxygen atoms in total. The van der Waals surface area contributed by atoms with Crippen molar-refractivity contribution in [2.75, 3.05) is 26.2 Å². The number of para-hydroxylation sites is 1. The molecule has 1 aliphatic carbocycles. The van der Waals surface area contributed by atoms with Crippen molar-refractivity contribution in [2.45, 2.75) is 51.2 Å². The minimum atomic E-state index is -0.642. The maximum Gasteiger partial charge on any atom is 0.270 e. The van der Waals surface area contributed by atoms with Gasteiger partial charge in [0.25, 0.3) is 5.91 Å². The normalized spacial score (nSPS) is 23.2. The number of hydrogen-bond acceptors (Lipinski definition) is 5. The summed E-state index contributed by atoms with van der Waals surface area (Å²) in [6, 6.07) is 10.7. The molecule has 2 amide bonds. The topological polar surface area (TPSA) is 94.6 Å². The number of benzene rings is 1. The molecule has 1 aromatic heterocycles. The van der Waals surface area contributed by atoms with E-state index in [-0.39, 0.29) is 24.2 Å². The fourth-order valence-corrected chi connectivity index (χ4v) is 5.11. The number of piperidine rings is 1. The monoisotopic (exact) mass is 438 g/mol. The average Bonchev–Trinajstić information content (AvgIpc) is 2.82. The van der Waals surface area contributed by atoms with E-state index in [1.165, 1.54) is 32.1 Å². The van der Waals surface area contributed by atoms with E-state index in [1.807, 2.05) is 37.3 Å².